The van der Waals surface area contributed by atoms with E-state index in [0.29, 0.717) is 6.42 Å². The summed E-state index contributed by atoms with van der Waals surface area (Å²) in [6.45, 7) is 1.71. The first-order valence-corrected chi connectivity index (χ1v) is 4.51. The Morgan fingerprint density at radius 1 is 1.36 bits per heavy atom. The van der Waals surface area contributed by atoms with Crippen LogP contribution in [0.2, 0.25) is 0 Å². The van der Waals surface area contributed by atoms with Crippen molar-refractivity contribution < 1.29 is 19.7 Å². The molecule has 0 spiro atoms. The summed E-state index contributed by atoms with van der Waals surface area (Å²) in [5, 5.41) is 18.6. The predicted molar refractivity (Wildman–Crippen MR) is 50.5 cm³/mol. The molecule has 0 saturated carbocycles. The molecule has 4 nitrogen and oxygen atoms in total. The highest BCUT2D eigenvalue weighted by molar-refractivity contribution is 5.82. The van der Waals surface area contributed by atoms with Gasteiger partial charge in [0.05, 0.1) is 12.2 Å². The average Bonchev–Trinajstić information content (AvgIpc) is 2.10. The van der Waals surface area contributed by atoms with Crippen LogP contribution in [0.4, 0.5) is 0 Å². The van der Waals surface area contributed by atoms with Gasteiger partial charge in [-0.3, -0.25) is 0 Å². The van der Waals surface area contributed by atoms with Crippen LogP contribution in [0.5, 0.6) is 0 Å². The molecule has 4 heteroatoms. The van der Waals surface area contributed by atoms with Gasteiger partial charge in [0.1, 0.15) is 6.10 Å². The van der Waals surface area contributed by atoms with Crippen LogP contribution in [0.25, 0.3) is 0 Å². The number of esters is 1. The number of aliphatic hydroxyl groups is 2. The number of hydrogen-bond donors (Lipinski definition) is 2. The lowest BCUT2D eigenvalue weighted by atomic mass is 10.1. The van der Waals surface area contributed by atoms with E-state index in [1.54, 1.807) is 6.92 Å². The average molecular weight is 198 g/mol. The molecular weight excluding hydrogens is 184 g/mol. The van der Waals surface area contributed by atoms with Gasteiger partial charge in [0.2, 0.25) is 0 Å². The molecule has 1 aliphatic rings. The summed E-state index contributed by atoms with van der Waals surface area (Å²) >= 11 is 0. The first kappa shape index (κ1) is 10.9. The third-order valence-corrected chi connectivity index (χ3v) is 1.85. The lowest BCUT2D eigenvalue weighted by Gasteiger charge is -2.15. The van der Waals surface area contributed by atoms with E-state index in [9.17, 15) is 15.0 Å². The van der Waals surface area contributed by atoms with E-state index in [1.165, 1.54) is 24.3 Å². The number of carbonyl (C=O) groups is 1. The molecule has 0 aromatic carbocycles. The fraction of sp³-hybridized carbons (Fsp3) is 0.500. The summed E-state index contributed by atoms with van der Waals surface area (Å²) in [6.07, 6.45) is 3.87. The number of cyclic esters (lactones) is 1. The molecule has 78 valence electrons. The first-order valence-electron chi connectivity index (χ1n) is 4.51. The van der Waals surface area contributed by atoms with Crippen LogP contribution in [-0.2, 0) is 9.53 Å². The highest BCUT2D eigenvalue weighted by Crippen LogP contribution is 2.07. The second kappa shape index (κ2) is 4.93. The molecule has 0 bridgehead atoms. The molecule has 0 aromatic heterocycles. The maximum absolute atomic E-state index is 11.0. The third-order valence-electron chi connectivity index (χ3n) is 1.85. The second-order valence-electron chi connectivity index (χ2n) is 3.29. The van der Waals surface area contributed by atoms with Crippen molar-refractivity contribution in [1.82, 2.24) is 0 Å². The van der Waals surface area contributed by atoms with E-state index in [-0.39, 0.29) is 6.10 Å². The van der Waals surface area contributed by atoms with Crippen molar-refractivity contribution in [2.45, 2.75) is 31.7 Å². The Morgan fingerprint density at radius 2 is 2.07 bits per heavy atom. The summed E-state index contributed by atoms with van der Waals surface area (Å²) in [5.74, 6) is -0.501. The lowest BCUT2D eigenvalue weighted by Crippen LogP contribution is -2.20. The number of hydrogen-bond acceptors (Lipinski definition) is 4. The van der Waals surface area contributed by atoms with E-state index in [4.69, 9.17) is 4.74 Å². The van der Waals surface area contributed by atoms with Crippen LogP contribution in [0.15, 0.2) is 24.3 Å². The van der Waals surface area contributed by atoms with E-state index in [1.807, 2.05) is 0 Å². The molecule has 3 atom stereocenters. The quantitative estimate of drug-likeness (QED) is 0.429. The highest BCUT2D eigenvalue weighted by atomic mass is 16.5. The van der Waals surface area contributed by atoms with Crippen molar-refractivity contribution in [3.63, 3.8) is 0 Å². The topological polar surface area (TPSA) is 66.8 Å². The van der Waals surface area contributed by atoms with Crippen molar-refractivity contribution >= 4 is 5.97 Å². The van der Waals surface area contributed by atoms with Crippen LogP contribution in [0.1, 0.15) is 13.3 Å². The molecule has 0 fully saturated rings. The molecule has 0 aromatic rings. The normalized spacial score (nSPS) is 38.5. The molecule has 1 aliphatic heterocycles. The van der Waals surface area contributed by atoms with Crippen LogP contribution in [0.3, 0.4) is 0 Å². The number of rotatable bonds is 0. The van der Waals surface area contributed by atoms with Gasteiger partial charge in [0.15, 0.2) is 0 Å². The highest BCUT2D eigenvalue weighted by Gasteiger charge is 2.12. The Morgan fingerprint density at radius 3 is 2.79 bits per heavy atom. The lowest BCUT2D eigenvalue weighted by molar-refractivity contribution is -0.143. The molecule has 1 heterocycles. The van der Waals surface area contributed by atoms with Gasteiger partial charge in [-0.05, 0) is 13.0 Å². The minimum atomic E-state index is -0.856. The molecule has 0 amide bonds. The Balaban J connectivity index is 2.72. The van der Waals surface area contributed by atoms with Crippen molar-refractivity contribution in [3.8, 4) is 0 Å². The standard InChI is InChI=1S/C10H14O4/c1-7-6-9(12)3-2-8(11)4-5-10(13)14-7/h2-5,7-9,11-12H,6H2,1H3/b3-2-,5-4+/t7-,8-,9-/m1/s1. The number of aliphatic hydroxyl groups excluding tert-OH is 2. The minimum Gasteiger partial charge on any atom is -0.459 e. The van der Waals surface area contributed by atoms with Gasteiger partial charge in [-0.1, -0.05) is 12.2 Å². The zero-order valence-electron chi connectivity index (χ0n) is 7.96. The first-order chi connectivity index (χ1) is 6.58. The van der Waals surface area contributed by atoms with Gasteiger partial charge in [-0.25, -0.2) is 4.79 Å². The van der Waals surface area contributed by atoms with Crippen LogP contribution < -0.4 is 0 Å². The monoisotopic (exact) mass is 198 g/mol. The molecule has 0 saturated heterocycles. The summed E-state index contributed by atoms with van der Waals surface area (Å²) in [6, 6.07) is 0. The van der Waals surface area contributed by atoms with Gasteiger partial charge in [0.25, 0.3) is 0 Å². The predicted octanol–water partition coefficient (Wildman–Crippen LogP) is 0.156. The molecule has 2 N–H and O–H groups in total. The Bertz CT molecular complexity index is 257. The minimum absolute atomic E-state index is 0.331. The van der Waals surface area contributed by atoms with Crippen molar-refractivity contribution in [1.29, 1.82) is 0 Å². The summed E-state index contributed by atoms with van der Waals surface area (Å²) < 4.78 is 4.91. The molecular formula is C10H14O4. The van der Waals surface area contributed by atoms with Crippen molar-refractivity contribution in [3.05, 3.63) is 24.3 Å². The van der Waals surface area contributed by atoms with Crippen LogP contribution >= 0.6 is 0 Å². The maximum atomic E-state index is 11.0. The largest absolute Gasteiger partial charge is 0.459 e. The molecule has 1 rings (SSSR count). The molecule has 0 aliphatic carbocycles. The van der Waals surface area contributed by atoms with Crippen molar-refractivity contribution in [2.75, 3.05) is 0 Å². The van der Waals surface area contributed by atoms with E-state index in [0.717, 1.165) is 0 Å². The van der Waals surface area contributed by atoms with Gasteiger partial charge < -0.3 is 14.9 Å². The Labute approximate surface area is 82.5 Å². The maximum Gasteiger partial charge on any atom is 0.330 e. The van der Waals surface area contributed by atoms with Gasteiger partial charge in [0, 0.05) is 12.5 Å². The number of carbonyl (C=O) groups excluding carboxylic acids is 1. The summed E-state index contributed by atoms with van der Waals surface area (Å²) in [5.41, 5.74) is 0. The smallest absolute Gasteiger partial charge is 0.330 e. The Hall–Kier alpha value is -1.13. The molecule has 0 radical (unpaired) electrons. The van der Waals surface area contributed by atoms with E-state index >= 15 is 0 Å². The third kappa shape index (κ3) is 3.72. The SMILES string of the molecule is C[C@@H]1C[C@H](O)/C=C\[C@@H](O)/C=C/C(=O)O1. The number of ether oxygens (including phenoxy) is 1. The Kier molecular flexibility index (Phi) is 3.85. The molecule has 14 heavy (non-hydrogen) atoms. The fourth-order valence-corrected chi connectivity index (χ4v) is 1.19. The van der Waals surface area contributed by atoms with Gasteiger partial charge in [-0.2, -0.15) is 0 Å². The molecule has 0 unspecified atom stereocenters. The summed E-state index contributed by atoms with van der Waals surface area (Å²) in [7, 11) is 0. The van der Waals surface area contributed by atoms with Gasteiger partial charge >= 0.3 is 5.97 Å². The van der Waals surface area contributed by atoms with Crippen molar-refractivity contribution in [2.24, 2.45) is 0 Å². The zero-order valence-corrected chi connectivity index (χ0v) is 7.96. The second-order valence-corrected chi connectivity index (χ2v) is 3.29. The van der Waals surface area contributed by atoms with Crippen LogP contribution in [-0.4, -0.2) is 34.5 Å². The van der Waals surface area contributed by atoms with Gasteiger partial charge in [-0.15, -0.1) is 0 Å². The van der Waals surface area contributed by atoms with E-state index in [2.05, 4.69) is 0 Å². The fourth-order valence-electron chi connectivity index (χ4n) is 1.19. The van der Waals surface area contributed by atoms with E-state index < -0.39 is 18.2 Å². The van der Waals surface area contributed by atoms with Crippen LogP contribution in [0, 0.1) is 0 Å². The zero-order chi connectivity index (χ0) is 10.6. The summed E-state index contributed by atoms with van der Waals surface area (Å²) in [4.78, 5) is 11.0.